The van der Waals surface area contributed by atoms with Gasteiger partial charge < -0.3 is 0 Å². The van der Waals surface area contributed by atoms with Crippen molar-refractivity contribution in [1.82, 2.24) is 9.78 Å². The molecule has 1 aromatic rings. The van der Waals surface area contributed by atoms with Gasteiger partial charge in [-0.25, -0.2) is 0 Å². The largest absolute Gasteiger partial charge is 0.294 e. The molecule has 3 heteroatoms. The second kappa shape index (κ2) is 6.06. The van der Waals surface area contributed by atoms with Gasteiger partial charge in [0, 0.05) is 18.7 Å². The molecule has 3 nitrogen and oxygen atoms in total. The fourth-order valence-corrected chi connectivity index (χ4v) is 7.80. The fourth-order valence-electron chi connectivity index (χ4n) is 7.80. The van der Waals surface area contributed by atoms with Crippen LogP contribution in [0.2, 0.25) is 0 Å². The molecular weight excluding hydrogens is 332 g/mol. The topological polar surface area (TPSA) is 34.9 Å². The van der Waals surface area contributed by atoms with Crippen molar-refractivity contribution in [3.05, 3.63) is 23.5 Å². The van der Waals surface area contributed by atoms with E-state index in [0.717, 1.165) is 41.9 Å². The van der Waals surface area contributed by atoms with Gasteiger partial charge >= 0.3 is 0 Å². The van der Waals surface area contributed by atoms with Gasteiger partial charge in [-0.1, -0.05) is 26.7 Å². The van der Waals surface area contributed by atoms with Crippen LogP contribution in [0.1, 0.15) is 77.3 Å². The maximum Gasteiger partial charge on any atom is 0.165 e. The van der Waals surface area contributed by atoms with E-state index >= 15 is 0 Å². The Kier molecular flexibility index (Phi) is 3.97. The molecule has 5 rings (SSSR count). The first-order valence-electron chi connectivity index (χ1n) is 11.2. The van der Waals surface area contributed by atoms with Crippen molar-refractivity contribution >= 4 is 11.9 Å². The maximum atomic E-state index is 13.4. The highest BCUT2D eigenvalue weighted by Gasteiger charge is 2.60. The van der Waals surface area contributed by atoms with Crippen LogP contribution in [0.5, 0.6) is 0 Å². The van der Waals surface area contributed by atoms with Crippen LogP contribution < -0.4 is 0 Å². The minimum atomic E-state index is -0.122. The van der Waals surface area contributed by atoms with E-state index in [1.807, 2.05) is 24.0 Å². The minimum Gasteiger partial charge on any atom is -0.294 e. The average Bonchev–Trinajstić information content (AvgIpc) is 3.17. The zero-order chi connectivity index (χ0) is 18.8. The van der Waals surface area contributed by atoms with Crippen LogP contribution in [0.3, 0.4) is 0 Å². The lowest BCUT2D eigenvalue weighted by Gasteiger charge is -2.59. The van der Waals surface area contributed by atoms with Gasteiger partial charge in [0.2, 0.25) is 0 Å². The van der Waals surface area contributed by atoms with Crippen LogP contribution >= 0.6 is 0 Å². The van der Waals surface area contributed by atoms with Gasteiger partial charge in [0.15, 0.2) is 5.78 Å². The standard InChI is InChI=1S/C24H34N2O/c1-23-11-5-4-6-17(23)7-8-19-20(23)9-12-24(2)21(19)15-16(22(24)27)14-18-10-13-25-26(18)3/h10,13-14,17,19-21H,4-9,11-12,15H2,1-3H3/b16-14-/t17-,19-,20+,21+,23-,24+/m0/s1. The van der Waals surface area contributed by atoms with Gasteiger partial charge in [-0.15, -0.1) is 0 Å². The quantitative estimate of drug-likeness (QED) is 0.622. The number of carbonyl (C=O) groups is 1. The van der Waals surface area contributed by atoms with E-state index in [-0.39, 0.29) is 5.41 Å². The van der Waals surface area contributed by atoms with Crippen molar-refractivity contribution in [3.8, 4) is 0 Å². The lowest BCUT2D eigenvalue weighted by Crippen LogP contribution is -2.52. The number of aromatic nitrogens is 2. The Morgan fingerprint density at radius 2 is 1.96 bits per heavy atom. The summed E-state index contributed by atoms with van der Waals surface area (Å²) in [5, 5.41) is 4.27. The molecule has 0 radical (unpaired) electrons. The number of aryl methyl sites for hydroxylation is 1. The first kappa shape index (κ1) is 17.7. The summed E-state index contributed by atoms with van der Waals surface area (Å²) in [5.41, 5.74) is 2.53. The molecule has 4 aliphatic rings. The molecule has 27 heavy (non-hydrogen) atoms. The number of fused-ring (bicyclic) bond motifs is 5. The van der Waals surface area contributed by atoms with Crippen molar-refractivity contribution in [2.75, 3.05) is 0 Å². The number of rotatable bonds is 1. The summed E-state index contributed by atoms with van der Waals surface area (Å²) in [6.07, 6.45) is 15.8. The summed E-state index contributed by atoms with van der Waals surface area (Å²) in [5.74, 6) is 3.53. The van der Waals surface area contributed by atoms with Crippen LogP contribution in [-0.2, 0) is 11.8 Å². The van der Waals surface area contributed by atoms with Crippen LogP contribution in [0.15, 0.2) is 17.8 Å². The summed E-state index contributed by atoms with van der Waals surface area (Å²) in [6.45, 7) is 4.90. The molecule has 0 saturated heterocycles. The normalized spacial score (nSPS) is 45.4. The first-order chi connectivity index (χ1) is 12.9. The SMILES string of the molecule is Cn1nccc1/C=C1/C[C@@H]2[C@H]3CC[C@@H]4CCCC[C@]4(C)[C@@H]3CC[C@@]2(C)C1=O. The van der Waals surface area contributed by atoms with Gasteiger partial charge in [-0.05, 0) is 91.7 Å². The molecule has 6 atom stereocenters. The second-order valence-electron chi connectivity index (χ2n) is 10.4. The van der Waals surface area contributed by atoms with E-state index in [4.69, 9.17) is 0 Å². The van der Waals surface area contributed by atoms with Gasteiger partial charge in [0.25, 0.3) is 0 Å². The number of ketones is 1. The van der Waals surface area contributed by atoms with E-state index in [9.17, 15) is 4.79 Å². The van der Waals surface area contributed by atoms with Crippen LogP contribution in [0.4, 0.5) is 0 Å². The zero-order valence-electron chi connectivity index (χ0n) is 17.2. The minimum absolute atomic E-state index is 0.122. The Balaban J connectivity index is 1.48. The predicted molar refractivity (Wildman–Crippen MR) is 108 cm³/mol. The predicted octanol–water partition coefficient (Wildman–Crippen LogP) is 5.42. The molecule has 0 amide bonds. The number of nitrogens with zero attached hydrogens (tertiary/aromatic N) is 2. The Morgan fingerprint density at radius 1 is 1.11 bits per heavy atom. The summed E-state index contributed by atoms with van der Waals surface area (Å²) in [7, 11) is 1.96. The van der Waals surface area contributed by atoms with Crippen LogP contribution in [0.25, 0.3) is 6.08 Å². The Bertz CT molecular complexity index is 792. The van der Waals surface area contributed by atoms with E-state index in [2.05, 4.69) is 25.0 Å². The van der Waals surface area contributed by atoms with Gasteiger partial charge in [0.05, 0.1) is 5.69 Å². The molecule has 1 heterocycles. The first-order valence-corrected chi connectivity index (χ1v) is 11.2. The lowest BCUT2D eigenvalue weighted by molar-refractivity contribution is -0.137. The average molecular weight is 367 g/mol. The maximum absolute atomic E-state index is 13.4. The summed E-state index contributed by atoms with van der Waals surface area (Å²) >= 11 is 0. The molecule has 1 aromatic heterocycles. The number of carbonyl (C=O) groups excluding carboxylic acids is 1. The number of allylic oxidation sites excluding steroid dienone is 1. The number of Topliss-reactive ketones (excluding diaryl/α,β-unsaturated/α-hetero) is 1. The van der Waals surface area contributed by atoms with Gasteiger partial charge in [0.1, 0.15) is 0 Å². The fraction of sp³-hybridized carbons (Fsp3) is 0.750. The molecule has 0 aromatic carbocycles. The van der Waals surface area contributed by atoms with Crippen molar-refractivity contribution in [2.24, 2.45) is 41.5 Å². The number of hydrogen-bond donors (Lipinski definition) is 0. The summed E-state index contributed by atoms with van der Waals surface area (Å²) in [6, 6.07) is 2.02. The molecule has 4 fully saturated rings. The number of hydrogen-bond acceptors (Lipinski definition) is 2. The Labute approximate surface area is 163 Å². The van der Waals surface area contributed by atoms with Gasteiger partial charge in [-0.3, -0.25) is 9.48 Å². The molecule has 4 aliphatic carbocycles. The molecule has 0 unspecified atom stereocenters. The Hall–Kier alpha value is -1.38. The summed E-state index contributed by atoms with van der Waals surface area (Å²) in [4.78, 5) is 13.4. The van der Waals surface area contributed by atoms with Crippen molar-refractivity contribution < 1.29 is 4.79 Å². The van der Waals surface area contributed by atoms with Crippen molar-refractivity contribution in [3.63, 3.8) is 0 Å². The monoisotopic (exact) mass is 366 g/mol. The molecular formula is C24H34N2O. The van der Waals surface area contributed by atoms with Gasteiger partial charge in [-0.2, -0.15) is 5.10 Å². The molecule has 0 bridgehead atoms. The summed E-state index contributed by atoms with van der Waals surface area (Å²) < 4.78 is 1.88. The lowest BCUT2D eigenvalue weighted by atomic mass is 9.45. The third kappa shape index (κ3) is 2.46. The van der Waals surface area contributed by atoms with Crippen LogP contribution in [-0.4, -0.2) is 15.6 Å². The van der Waals surface area contributed by atoms with Crippen LogP contribution in [0, 0.1) is 34.5 Å². The van der Waals surface area contributed by atoms with E-state index in [0.29, 0.717) is 17.1 Å². The molecule has 0 N–H and O–H groups in total. The third-order valence-corrected chi connectivity index (χ3v) is 9.40. The molecule has 0 aliphatic heterocycles. The highest BCUT2D eigenvalue weighted by atomic mass is 16.1. The highest BCUT2D eigenvalue weighted by molar-refractivity contribution is 6.05. The molecule has 0 spiro atoms. The second-order valence-corrected chi connectivity index (χ2v) is 10.4. The van der Waals surface area contributed by atoms with Crippen molar-refractivity contribution in [2.45, 2.75) is 71.6 Å². The highest BCUT2D eigenvalue weighted by Crippen LogP contribution is 2.66. The molecule has 4 saturated carbocycles. The third-order valence-electron chi connectivity index (χ3n) is 9.40. The van der Waals surface area contributed by atoms with E-state index < -0.39 is 0 Å². The Morgan fingerprint density at radius 3 is 2.74 bits per heavy atom. The van der Waals surface area contributed by atoms with Crippen molar-refractivity contribution in [1.29, 1.82) is 0 Å². The van der Waals surface area contributed by atoms with E-state index in [1.165, 1.54) is 44.9 Å². The van der Waals surface area contributed by atoms with E-state index in [1.54, 1.807) is 0 Å². The zero-order valence-corrected chi connectivity index (χ0v) is 17.2. The smallest absolute Gasteiger partial charge is 0.165 e. The molecule has 146 valence electrons.